The summed E-state index contributed by atoms with van der Waals surface area (Å²) in [6.07, 6.45) is 1.27. The average Bonchev–Trinajstić information content (AvgIpc) is 3.07. The van der Waals surface area contributed by atoms with Crippen molar-refractivity contribution in [1.82, 2.24) is 4.57 Å². The summed E-state index contributed by atoms with van der Waals surface area (Å²) in [5.41, 5.74) is 7.11. The van der Waals surface area contributed by atoms with Crippen LogP contribution in [-0.2, 0) is 9.84 Å². The Morgan fingerprint density at radius 3 is 1.61 bits per heavy atom. The zero-order valence-electron chi connectivity index (χ0n) is 17.8. The minimum absolute atomic E-state index is 0.429. The highest BCUT2D eigenvalue weighted by molar-refractivity contribution is 7.90. The lowest BCUT2D eigenvalue weighted by Crippen LogP contribution is -2.03. The summed E-state index contributed by atoms with van der Waals surface area (Å²) in [6, 6.07) is 29.3. The third-order valence-electron chi connectivity index (χ3n) is 5.87. The molecule has 0 aliphatic rings. The number of sulfone groups is 1. The van der Waals surface area contributed by atoms with Crippen molar-refractivity contribution in [2.75, 3.05) is 6.26 Å². The molecule has 4 heteroatoms. The highest BCUT2D eigenvalue weighted by Crippen LogP contribution is 2.33. The maximum atomic E-state index is 12.1. The Kier molecular flexibility index (Phi) is 4.49. The van der Waals surface area contributed by atoms with Gasteiger partial charge in [-0.05, 0) is 60.4 Å². The molecule has 0 radical (unpaired) electrons. The number of nitrogens with zero attached hydrogens (tertiary/aromatic N) is 1. The van der Waals surface area contributed by atoms with Gasteiger partial charge in [0.25, 0.3) is 0 Å². The highest BCUT2D eigenvalue weighted by Gasteiger charge is 2.16. The summed E-state index contributed by atoms with van der Waals surface area (Å²) >= 11 is 0. The number of aryl methyl sites for hydroxylation is 2. The van der Waals surface area contributed by atoms with Gasteiger partial charge in [0.15, 0.2) is 9.84 Å². The summed E-state index contributed by atoms with van der Waals surface area (Å²) in [5, 5.41) is 2.48. The Balaban J connectivity index is 1.64. The van der Waals surface area contributed by atoms with Crippen LogP contribution < -0.4 is 0 Å². The number of hydrogen-bond acceptors (Lipinski definition) is 2. The maximum absolute atomic E-state index is 12.1. The van der Waals surface area contributed by atoms with Crippen LogP contribution in [0.25, 0.3) is 38.6 Å². The van der Waals surface area contributed by atoms with Gasteiger partial charge in [-0.15, -0.1) is 0 Å². The van der Waals surface area contributed by atoms with E-state index in [4.69, 9.17) is 0 Å². The van der Waals surface area contributed by atoms with Crippen LogP contribution >= 0.6 is 0 Å². The number of fused-ring (bicyclic) bond motifs is 3. The summed E-state index contributed by atoms with van der Waals surface area (Å²) in [5.74, 6) is 0. The van der Waals surface area contributed by atoms with Crippen molar-refractivity contribution in [2.24, 2.45) is 0 Å². The second-order valence-electron chi connectivity index (χ2n) is 8.13. The van der Waals surface area contributed by atoms with E-state index in [1.54, 1.807) is 0 Å². The van der Waals surface area contributed by atoms with E-state index in [0.29, 0.717) is 4.90 Å². The zero-order chi connectivity index (χ0) is 21.8. The summed E-state index contributed by atoms with van der Waals surface area (Å²) in [4.78, 5) is 0.429. The molecule has 0 amide bonds. The molecule has 0 atom stereocenters. The standard InChI is InChI=1S/C27H23NO2S/c1-18-16-21(17-19(2)27(18)31(3,29)30)20-12-14-22(15-13-20)28-25-10-6-4-8-23(25)24-9-5-7-11-26(24)28/h4-17H,1-3H3. The van der Waals surface area contributed by atoms with Gasteiger partial charge in [0.05, 0.1) is 15.9 Å². The SMILES string of the molecule is Cc1cc(-c2ccc(-n3c4ccccc4c4ccccc43)cc2)cc(C)c1S(C)(=O)=O. The van der Waals surface area contributed by atoms with Gasteiger partial charge in [-0.1, -0.05) is 60.7 Å². The second-order valence-corrected chi connectivity index (χ2v) is 10.1. The van der Waals surface area contributed by atoms with Gasteiger partial charge < -0.3 is 4.57 Å². The van der Waals surface area contributed by atoms with Crippen LogP contribution in [0.3, 0.4) is 0 Å². The largest absolute Gasteiger partial charge is 0.309 e. The normalized spacial score (nSPS) is 12.0. The molecule has 5 rings (SSSR count). The number of benzene rings is 4. The van der Waals surface area contributed by atoms with Crippen LogP contribution in [0.1, 0.15) is 11.1 Å². The lowest BCUT2D eigenvalue weighted by Gasteiger charge is -2.13. The molecule has 0 saturated carbocycles. The predicted molar refractivity (Wildman–Crippen MR) is 129 cm³/mol. The van der Waals surface area contributed by atoms with Crippen molar-refractivity contribution in [3.8, 4) is 16.8 Å². The summed E-state index contributed by atoms with van der Waals surface area (Å²) in [7, 11) is -3.24. The fraction of sp³-hybridized carbons (Fsp3) is 0.111. The third kappa shape index (κ3) is 3.24. The minimum atomic E-state index is -3.24. The molecular weight excluding hydrogens is 402 g/mol. The first-order valence-electron chi connectivity index (χ1n) is 10.2. The molecule has 0 aliphatic carbocycles. The van der Waals surface area contributed by atoms with E-state index in [9.17, 15) is 8.42 Å². The quantitative estimate of drug-likeness (QED) is 0.332. The molecule has 1 heterocycles. The molecule has 1 aromatic heterocycles. The fourth-order valence-electron chi connectivity index (χ4n) is 4.71. The van der Waals surface area contributed by atoms with E-state index in [1.807, 2.05) is 26.0 Å². The monoisotopic (exact) mass is 425 g/mol. The van der Waals surface area contributed by atoms with Crippen LogP contribution in [0.15, 0.2) is 89.8 Å². The van der Waals surface area contributed by atoms with Crippen molar-refractivity contribution in [1.29, 1.82) is 0 Å². The first kappa shape index (κ1) is 19.6. The van der Waals surface area contributed by atoms with Crippen molar-refractivity contribution < 1.29 is 8.42 Å². The molecule has 31 heavy (non-hydrogen) atoms. The molecule has 0 aliphatic heterocycles. The highest BCUT2D eigenvalue weighted by atomic mass is 32.2. The summed E-state index contributed by atoms with van der Waals surface area (Å²) < 4.78 is 26.5. The van der Waals surface area contributed by atoms with Crippen LogP contribution in [0.2, 0.25) is 0 Å². The molecule has 0 N–H and O–H groups in total. The fourth-order valence-corrected chi connectivity index (χ4v) is 5.99. The van der Waals surface area contributed by atoms with E-state index in [1.165, 1.54) is 28.1 Å². The van der Waals surface area contributed by atoms with Crippen molar-refractivity contribution in [3.63, 3.8) is 0 Å². The van der Waals surface area contributed by atoms with Gasteiger partial charge in [0, 0.05) is 22.7 Å². The molecule has 0 spiro atoms. The second kappa shape index (κ2) is 7.10. The molecule has 0 bridgehead atoms. The molecular formula is C27H23NO2S. The van der Waals surface area contributed by atoms with Crippen molar-refractivity contribution in [2.45, 2.75) is 18.7 Å². The Hall–Kier alpha value is -3.37. The number of para-hydroxylation sites is 2. The number of hydrogen-bond donors (Lipinski definition) is 0. The number of aromatic nitrogens is 1. The minimum Gasteiger partial charge on any atom is -0.309 e. The lowest BCUT2D eigenvalue weighted by atomic mass is 10.0. The molecule has 154 valence electrons. The molecule has 4 aromatic carbocycles. The number of rotatable bonds is 3. The maximum Gasteiger partial charge on any atom is 0.176 e. The van der Waals surface area contributed by atoms with Gasteiger partial charge in [-0.25, -0.2) is 8.42 Å². The van der Waals surface area contributed by atoms with Gasteiger partial charge in [-0.2, -0.15) is 0 Å². The average molecular weight is 426 g/mol. The van der Waals surface area contributed by atoms with E-state index in [-0.39, 0.29) is 0 Å². The van der Waals surface area contributed by atoms with Gasteiger partial charge in [0.1, 0.15) is 0 Å². The van der Waals surface area contributed by atoms with E-state index in [0.717, 1.165) is 27.9 Å². The van der Waals surface area contributed by atoms with E-state index in [2.05, 4.69) is 77.4 Å². The molecule has 3 nitrogen and oxygen atoms in total. The Bertz CT molecular complexity index is 1480. The Morgan fingerprint density at radius 2 is 1.13 bits per heavy atom. The Morgan fingerprint density at radius 1 is 0.645 bits per heavy atom. The van der Waals surface area contributed by atoms with Crippen LogP contribution in [-0.4, -0.2) is 19.2 Å². The molecule has 0 unspecified atom stereocenters. The van der Waals surface area contributed by atoms with Crippen LogP contribution in [0, 0.1) is 13.8 Å². The van der Waals surface area contributed by atoms with E-state index < -0.39 is 9.84 Å². The van der Waals surface area contributed by atoms with Crippen molar-refractivity contribution >= 4 is 31.6 Å². The smallest absolute Gasteiger partial charge is 0.176 e. The third-order valence-corrected chi connectivity index (χ3v) is 7.26. The van der Waals surface area contributed by atoms with Crippen LogP contribution in [0.4, 0.5) is 0 Å². The van der Waals surface area contributed by atoms with E-state index >= 15 is 0 Å². The summed E-state index contributed by atoms with van der Waals surface area (Å²) in [6.45, 7) is 3.72. The first-order valence-corrected chi connectivity index (χ1v) is 12.1. The predicted octanol–water partition coefficient (Wildman–Crippen LogP) is 6.47. The van der Waals surface area contributed by atoms with Crippen molar-refractivity contribution in [3.05, 3.63) is 96.1 Å². The first-order chi connectivity index (χ1) is 14.8. The van der Waals surface area contributed by atoms with Gasteiger partial charge in [-0.3, -0.25) is 0 Å². The van der Waals surface area contributed by atoms with Gasteiger partial charge in [0.2, 0.25) is 0 Å². The molecule has 0 fully saturated rings. The molecule has 5 aromatic rings. The Labute approximate surface area is 182 Å². The lowest BCUT2D eigenvalue weighted by molar-refractivity contribution is 0.600. The van der Waals surface area contributed by atoms with Crippen LogP contribution in [0.5, 0.6) is 0 Å². The van der Waals surface area contributed by atoms with Gasteiger partial charge >= 0.3 is 0 Å². The zero-order valence-corrected chi connectivity index (χ0v) is 18.6. The molecule has 0 saturated heterocycles. The topological polar surface area (TPSA) is 39.1 Å².